The van der Waals surface area contributed by atoms with Gasteiger partial charge < -0.3 is 5.11 Å². The molecular formula is C12H16O. The van der Waals surface area contributed by atoms with Crippen molar-refractivity contribution in [3.8, 4) is 5.75 Å². The molecular weight excluding hydrogens is 160 g/mol. The molecule has 0 aromatic heterocycles. The Labute approximate surface area is 79.4 Å². The second kappa shape index (κ2) is 2.50. The van der Waals surface area contributed by atoms with Gasteiger partial charge in [-0.25, -0.2) is 0 Å². The van der Waals surface area contributed by atoms with Crippen LogP contribution < -0.4 is 0 Å². The van der Waals surface area contributed by atoms with Crippen LogP contribution >= 0.6 is 0 Å². The van der Waals surface area contributed by atoms with Crippen molar-refractivity contribution in [3.63, 3.8) is 0 Å². The number of rotatable bonds is 0. The van der Waals surface area contributed by atoms with Crippen molar-refractivity contribution >= 4 is 0 Å². The molecule has 1 aliphatic rings. The molecule has 0 saturated heterocycles. The molecule has 1 nitrogen and oxygen atoms in total. The molecule has 2 rings (SSSR count). The summed E-state index contributed by atoms with van der Waals surface area (Å²) in [6.45, 7) is 6.78. The predicted molar refractivity (Wildman–Crippen MR) is 54.0 cm³/mol. The first kappa shape index (κ1) is 8.61. The van der Waals surface area contributed by atoms with Crippen LogP contribution in [0.4, 0.5) is 0 Å². The number of phenolic OH excluding ortho intramolecular Hbond substituents is 1. The van der Waals surface area contributed by atoms with Gasteiger partial charge in [0, 0.05) is 0 Å². The monoisotopic (exact) mass is 176 g/mol. The zero-order valence-electron chi connectivity index (χ0n) is 8.46. The first-order chi connectivity index (χ1) is 6.01. The molecule has 1 atom stereocenters. The molecule has 13 heavy (non-hydrogen) atoms. The maximum Gasteiger partial charge on any atom is 0.115 e. The second-order valence-electron chi connectivity index (χ2n) is 4.67. The lowest BCUT2D eigenvalue weighted by atomic mass is 9.80. The van der Waals surface area contributed by atoms with Gasteiger partial charge in [0.05, 0.1) is 0 Å². The van der Waals surface area contributed by atoms with Crippen molar-refractivity contribution in [3.05, 3.63) is 29.3 Å². The van der Waals surface area contributed by atoms with Crippen LogP contribution in [0.15, 0.2) is 18.2 Å². The van der Waals surface area contributed by atoms with Gasteiger partial charge in [-0.05, 0) is 41.0 Å². The summed E-state index contributed by atoms with van der Waals surface area (Å²) in [5.74, 6) is 1.06. The number of hydrogen-bond acceptors (Lipinski definition) is 1. The predicted octanol–water partition coefficient (Wildman–Crippen LogP) is 2.86. The van der Waals surface area contributed by atoms with Gasteiger partial charge in [-0.3, -0.25) is 0 Å². The van der Waals surface area contributed by atoms with Gasteiger partial charge in [-0.1, -0.05) is 26.8 Å². The molecule has 0 amide bonds. The van der Waals surface area contributed by atoms with Crippen molar-refractivity contribution < 1.29 is 5.11 Å². The summed E-state index contributed by atoms with van der Waals surface area (Å²) in [6, 6.07) is 5.75. The van der Waals surface area contributed by atoms with E-state index in [1.807, 2.05) is 6.07 Å². The van der Waals surface area contributed by atoms with Gasteiger partial charge in [0.15, 0.2) is 0 Å². The highest BCUT2D eigenvalue weighted by Gasteiger charge is 2.36. The summed E-state index contributed by atoms with van der Waals surface area (Å²) in [5, 5.41) is 9.41. The van der Waals surface area contributed by atoms with Crippen LogP contribution in [0.1, 0.15) is 31.9 Å². The molecule has 1 aromatic carbocycles. The van der Waals surface area contributed by atoms with Gasteiger partial charge in [-0.2, -0.15) is 0 Å². The molecule has 1 N–H and O–H groups in total. The molecule has 1 heteroatoms. The fourth-order valence-electron chi connectivity index (χ4n) is 2.19. The molecule has 0 radical (unpaired) electrons. The van der Waals surface area contributed by atoms with Crippen molar-refractivity contribution in [2.45, 2.75) is 32.6 Å². The number of fused-ring (bicyclic) bond motifs is 1. The van der Waals surface area contributed by atoms with Gasteiger partial charge in [-0.15, -0.1) is 0 Å². The first-order valence-corrected chi connectivity index (χ1v) is 4.84. The molecule has 0 heterocycles. The number of phenols is 1. The van der Waals surface area contributed by atoms with Crippen LogP contribution in [-0.4, -0.2) is 5.11 Å². The minimum Gasteiger partial charge on any atom is -0.508 e. The van der Waals surface area contributed by atoms with Crippen molar-refractivity contribution in [2.24, 2.45) is 5.92 Å². The Kier molecular flexibility index (Phi) is 1.66. The van der Waals surface area contributed by atoms with E-state index in [1.54, 1.807) is 6.07 Å². The third kappa shape index (κ3) is 1.14. The fraction of sp³-hybridized carbons (Fsp3) is 0.500. The number of hydrogen-bond donors (Lipinski definition) is 1. The average Bonchev–Trinajstić information content (AvgIpc) is 2.27. The SMILES string of the molecule is CC1Cc2ccc(O)cc2C1(C)C. The lowest BCUT2D eigenvalue weighted by Crippen LogP contribution is -2.21. The van der Waals surface area contributed by atoms with E-state index in [0.717, 1.165) is 6.42 Å². The molecule has 1 aliphatic carbocycles. The Bertz CT molecular complexity index is 339. The van der Waals surface area contributed by atoms with Gasteiger partial charge in [0.2, 0.25) is 0 Å². The second-order valence-corrected chi connectivity index (χ2v) is 4.67. The maximum atomic E-state index is 9.41. The van der Waals surface area contributed by atoms with Crippen molar-refractivity contribution in [2.75, 3.05) is 0 Å². The van der Waals surface area contributed by atoms with E-state index in [-0.39, 0.29) is 5.41 Å². The van der Waals surface area contributed by atoms with E-state index >= 15 is 0 Å². The van der Waals surface area contributed by atoms with Crippen LogP contribution in [0.5, 0.6) is 5.75 Å². The summed E-state index contributed by atoms with van der Waals surface area (Å²) in [7, 11) is 0. The Balaban J connectivity index is 2.57. The minimum atomic E-state index is 0.216. The first-order valence-electron chi connectivity index (χ1n) is 4.84. The highest BCUT2D eigenvalue weighted by molar-refractivity contribution is 5.43. The van der Waals surface area contributed by atoms with Crippen molar-refractivity contribution in [1.29, 1.82) is 0 Å². The van der Waals surface area contributed by atoms with E-state index in [4.69, 9.17) is 0 Å². The van der Waals surface area contributed by atoms with E-state index in [2.05, 4.69) is 26.8 Å². The molecule has 1 aromatic rings. The Morgan fingerprint density at radius 2 is 2.08 bits per heavy atom. The van der Waals surface area contributed by atoms with E-state index in [0.29, 0.717) is 11.7 Å². The maximum absolute atomic E-state index is 9.41. The quantitative estimate of drug-likeness (QED) is 0.644. The Morgan fingerprint density at radius 1 is 1.38 bits per heavy atom. The molecule has 0 fully saturated rings. The van der Waals surface area contributed by atoms with E-state index < -0.39 is 0 Å². The Morgan fingerprint density at radius 3 is 2.77 bits per heavy atom. The third-order valence-electron chi connectivity index (χ3n) is 3.55. The number of aromatic hydroxyl groups is 1. The summed E-state index contributed by atoms with van der Waals surface area (Å²) in [6.07, 6.45) is 1.14. The largest absolute Gasteiger partial charge is 0.508 e. The summed E-state index contributed by atoms with van der Waals surface area (Å²) in [5.41, 5.74) is 2.93. The highest BCUT2D eigenvalue weighted by Crippen LogP contribution is 2.43. The lowest BCUT2D eigenvalue weighted by Gasteiger charge is -2.25. The Hall–Kier alpha value is -0.980. The van der Waals surface area contributed by atoms with E-state index in [1.165, 1.54) is 11.1 Å². The van der Waals surface area contributed by atoms with Crippen LogP contribution in [0, 0.1) is 5.92 Å². The topological polar surface area (TPSA) is 20.2 Å². The summed E-state index contributed by atoms with van der Waals surface area (Å²) >= 11 is 0. The average molecular weight is 176 g/mol. The van der Waals surface area contributed by atoms with Crippen LogP contribution in [0.3, 0.4) is 0 Å². The smallest absolute Gasteiger partial charge is 0.115 e. The molecule has 0 aliphatic heterocycles. The summed E-state index contributed by atoms with van der Waals surface area (Å²) in [4.78, 5) is 0. The summed E-state index contributed by atoms with van der Waals surface area (Å²) < 4.78 is 0. The van der Waals surface area contributed by atoms with Crippen LogP contribution in [-0.2, 0) is 11.8 Å². The highest BCUT2D eigenvalue weighted by atomic mass is 16.3. The minimum absolute atomic E-state index is 0.216. The van der Waals surface area contributed by atoms with Gasteiger partial charge >= 0.3 is 0 Å². The third-order valence-corrected chi connectivity index (χ3v) is 3.55. The van der Waals surface area contributed by atoms with E-state index in [9.17, 15) is 5.11 Å². The molecule has 0 saturated carbocycles. The number of benzene rings is 1. The molecule has 1 unspecified atom stereocenters. The van der Waals surface area contributed by atoms with Gasteiger partial charge in [0.1, 0.15) is 5.75 Å². The fourth-order valence-corrected chi connectivity index (χ4v) is 2.19. The van der Waals surface area contributed by atoms with Gasteiger partial charge in [0.25, 0.3) is 0 Å². The molecule has 70 valence electrons. The van der Waals surface area contributed by atoms with Crippen LogP contribution in [0.2, 0.25) is 0 Å². The molecule has 0 bridgehead atoms. The molecule has 0 spiro atoms. The zero-order valence-corrected chi connectivity index (χ0v) is 8.46. The standard InChI is InChI=1S/C12H16O/c1-8-6-9-4-5-10(13)7-11(9)12(8,2)3/h4-5,7-8,13H,6H2,1-3H3. The lowest BCUT2D eigenvalue weighted by molar-refractivity contribution is 0.378. The normalized spacial score (nSPS) is 24.4. The van der Waals surface area contributed by atoms with Crippen molar-refractivity contribution in [1.82, 2.24) is 0 Å². The zero-order chi connectivity index (χ0) is 9.64. The van der Waals surface area contributed by atoms with Crippen LogP contribution in [0.25, 0.3) is 0 Å².